The van der Waals surface area contributed by atoms with Crippen molar-refractivity contribution in [3.8, 4) is 5.69 Å². The first-order valence-corrected chi connectivity index (χ1v) is 12.0. The summed E-state index contributed by atoms with van der Waals surface area (Å²) >= 11 is 6.25. The van der Waals surface area contributed by atoms with Crippen LogP contribution in [-0.2, 0) is 17.6 Å². The zero-order valence-electron chi connectivity index (χ0n) is 19.2. The van der Waals surface area contributed by atoms with E-state index in [1.54, 1.807) is 0 Å². The first-order chi connectivity index (χ1) is 14.1. The molecule has 0 spiro atoms. The van der Waals surface area contributed by atoms with Crippen molar-refractivity contribution in [2.75, 3.05) is 0 Å². The molecule has 1 saturated carbocycles. The number of halogens is 1. The van der Waals surface area contributed by atoms with Crippen LogP contribution in [0.1, 0.15) is 96.5 Å². The summed E-state index contributed by atoms with van der Waals surface area (Å²) in [4.78, 5) is 4.88. The van der Waals surface area contributed by atoms with Crippen molar-refractivity contribution in [2.24, 2.45) is 0 Å². The second kappa shape index (κ2) is 11.9. The van der Waals surface area contributed by atoms with Crippen molar-refractivity contribution in [1.29, 1.82) is 0 Å². The van der Waals surface area contributed by atoms with E-state index >= 15 is 0 Å². The van der Waals surface area contributed by atoms with Crippen LogP contribution in [0.3, 0.4) is 0 Å². The van der Waals surface area contributed by atoms with Gasteiger partial charge in [-0.2, -0.15) is 0 Å². The van der Waals surface area contributed by atoms with Crippen molar-refractivity contribution in [3.63, 3.8) is 0 Å². The Hall–Kier alpha value is -1.13. The number of aromatic nitrogens is 2. The van der Waals surface area contributed by atoms with Gasteiger partial charge < -0.3 is 0 Å². The topological polar surface area (TPSA) is 27.1 Å². The van der Waals surface area contributed by atoms with Gasteiger partial charge in [-0.25, -0.2) is 0 Å². The first-order valence-electron chi connectivity index (χ1n) is 11.6. The van der Waals surface area contributed by atoms with Crippen LogP contribution in [-0.4, -0.2) is 28.7 Å². The molecule has 1 heterocycles. The third-order valence-electron chi connectivity index (χ3n) is 5.93. The standard InChI is InChI=1S/C22H32BClN2O.C2H6/c1-5-15(4)27-19-11-8-17(9-12-19)22-25-23-21(7-3)26(22)20-13-10-18(24)14-16(20)6-2;1-2/h10,13-15,17,19H,5-9,11-12H2,1-4H3;1-2H3/t15-,17?,19?;/m0./s1. The van der Waals surface area contributed by atoms with Gasteiger partial charge in [0.25, 0.3) is 0 Å². The second-order valence-corrected chi connectivity index (χ2v) is 8.19. The van der Waals surface area contributed by atoms with Crippen LogP contribution in [0.4, 0.5) is 0 Å². The number of hydrogen-bond donors (Lipinski definition) is 0. The number of rotatable bonds is 7. The maximum atomic E-state index is 6.25. The van der Waals surface area contributed by atoms with Gasteiger partial charge in [0, 0.05) is 0 Å². The Morgan fingerprint density at radius 2 is 1.83 bits per heavy atom. The van der Waals surface area contributed by atoms with Crippen LogP contribution in [0, 0.1) is 0 Å². The van der Waals surface area contributed by atoms with Gasteiger partial charge in [-0.3, -0.25) is 0 Å². The van der Waals surface area contributed by atoms with Crippen LogP contribution >= 0.6 is 11.6 Å². The molecule has 0 unspecified atom stereocenters. The average molecular weight is 417 g/mol. The number of nitrogens with zero attached hydrogens (tertiary/aromatic N) is 2. The predicted molar refractivity (Wildman–Crippen MR) is 126 cm³/mol. The Bertz CT molecular complexity index is 753. The molecule has 2 aromatic rings. The van der Waals surface area contributed by atoms with Gasteiger partial charge in [-0.05, 0) is 0 Å². The van der Waals surface area contributed by atoms with Crippen molar-refractivity contribution in [1.82, 2.24) is 9.46 Å². The molecule has 1 aromatic carbocycles. The fourth-order valence-corrected chi connectivity index (χ4v) is 4.35. The minimum atomic E-state index is 0.362. The van der Waals surface area contributed by atoms with Crippen LogP contribution in [0.2, 0.25) is 5.02 Å². The van der Waals surface area contributed by atoms with Gasteiger partial charge in [0.2, 0.25) is 0 Å². The molecule has 0 aliphatic heterocycles. The summed E-state index contributed by atoms with van der Waals surface area (Å²) in [5.41, 5.74) is 3.80. The molecule has 3 rings (SSSR count). The molecular formula is C24H38BClN2O. The minimum absolute atomic E-state index is 0.362. The molecule has 1 fully saturated rings. The fourth-order valence-electron chi connectivity index (χ4n) is 4.16. The number of benzene rings is 1. The average Bonchev–Trinajstić information content (AvgIpc) is 3.19. The van der Waals surface area contributed by atoms with E-state index in [4.69, 9.17) is 21.2 Å². The summed E-state index contributed by atoms with van der Waals surface area (Å²) in [7, 11) is 2.06. The zero-order valence-corrected chi connectivity index (χ0v) is 19.9. The van der Waals surface area contributed by atoms with Crippen LogP contribution in [0.25, 0.3) is 5.69 Å². The van der Waals surface area contributed by atoms with E-state index in [9.17, 15) is 0 Å². The molecule has 1 aromatic heterocycles. The summed E-state index contributed by atoms with van der Waals surface area (Å²) in [5, 5.41) is 0.804. The van der Waals surface area contributed by atoms with Crippen molar-refractivity contribution >= 4 is 18.7 Å². The number of hydrogen-bond acceptors (Lipinski definition) is 2. The van der Waals surface area contributed by atoms with Crippen LogP contribution in [0.15, 0.2) is 18.2 Å². The Balaban J connectivity index is 0.00000145. The number of aryl methyl sites for hydroxylation is 2. The molecule has 0 saturated heterocycles. The Kier molecular flexibility index (Phi) is 9.91. The summed E-state index contributed by atoms with van der Waals surface area (Å²) in [6.45, 7) is 12.8. The molecule has 0 radical (unpaired) electrons. The SMILES string of the molecule is CC.CCc1cc(Cl)ccc1-n1c(CC)bnc1C1CCC(O[C@@H](C)CC)CC1. The zero-order chi connectivity index (χ0) is 21.4. The second-order valence-electron chi connectivity index (χ2n) is 7.75. The summed E-state index contributed by atoms with van der Waals surface area (Å²) in [6, 6.07) is 6.25. The summed E-state index contributed by atoms with van der Waals surface area (Å²) in [6.07, 6.45) is 8.35. The number of ether oxygens (including phenoxy) is 1. The maximum absolute atomic E-state index is 6.25. The molecule has 29 heavy (non-hydrogen) atoms. The normalized spacial score (nSPS) is 20.0. The van der Waals surface area contributed by atoms with E-state index in [0.717, 1.165) is 50.0 Å². The van der Waals surface area contributed by atoms with E-state index in [-0.39, 0.29) is 0 Å². The van der Waals surface area contributed by atoms with E-state index in [0.29, 0.717) is 18.1 Å². The Labute approximate surface area is 183 Å². The van der Waals surface area contributed by atoms with Gasteiger partial charge in [0.1, 0.15) is 0 Å². The monoisotopic (exact) mass is 416 g/mol. The first kappa shape index (κ1) is 24.1. The van der Waals surface area contributed by atoms with Gasteiger partial charge in [0.05, 0.1) is 0 Å². The quantitative estimate of drug-likeness (QED) is 0.493. The summed E-state index contributed by atoms with van der Waals surface area (Å²) in [5.74, 6) is 1.72. The van der Waals surface area contributed by atoms with Gasteiger partial charge in [-0.15, -0.1) is 0 Å². The van der Waals surface area contributed by atoms with E-state index < -0.39 is 0 Å². The van der Waals surface area contributed by atoms with Crippen LogP contribution < -0.4 is 0 Å². The molecular weight excluding hydrogens is 379 g/mol. The fraction of sp³-hybridized carbons (Fsp3) is 0.667. The summed E-state index contributed by atoms with van der Waals surface area (Å²) < 4.78 is 8.57. The van der Waals surface area contributed by atoms with Gasteiger partial charge in [-0.1, -0.05) is 13.8 Å². The van der Waals surface area contributed by atoms with Gasteiger partial charge >= 0.3 is 170 Å². The van der Waals surface area contributed by atoms with Crippen LogP contribution in [0.5, 0.6) is 0 Å². The molecule has 1 aliphatic rings. The third kappa shape index (κ3) is 5.95. The molecule has 0 N–H and O–H groups in total. The molecule has 3 nitrogen and oxygen atoms in total. The van der Waals surface area contributed by atoms with E-state index in [2.05, 4.69) is 51.4 Å². The predicted octanol–water partition coefficient (Wildman–Crippen LogP) is 6.86. The Morgan fingerprint density at radius 3 is 2.41 bits per heavy atom. The van der Waals surface area contributed by atoms with Gasteiger partial charge in [0.15, 0.2) is 0 Å². The van der Waals surface area contributed by atoms with Crippen molar-refractivity contribution in [3.05, 3.63) is 40.2 Å². The molecule has 0 amide bonds. The van der Waals surface area contributed by atoms with E-state index in [1.165, 1.54) is 22.7 Å². The molecule has 1 aliphatic carbocycles. The molecule has 0 bridgehead atoms. The molecule has 1 atom stereocenters. The van der Waals surface area contributed by atoms with Crippen molar-refractivity contribution < 1.29 is 4.74 Å². The van der Waals surface area contributed by atoms with Crippen molar-refractivity contribution in [2.45, 2.75) is 105 Å². The Morgan fingerprint density at radius 1 is 1.14 bits per heavy atom. The van der Waals surface area contributed by atoms with E-state index in [1.807, 2.05) is 19.9 Å². The molecule has 5 heteroatoms. The molecule has 160 valence electrons. The third-order valence-corrected chi connectivity index (χ3v) is 6.16.